The SMILES string of the molecule is C[C@@H](NCCc1ccc(OC(C)(C)C(=O)O)c(Cl)c1)[C@H](O)c1ccc(O)cc1. The Labute approximate surface area is 169 Å². The molecule has 7 heteroatoms. The lowest BCUT2D eigenvalue weighted by atomic mass is 10.0. The van der Waals surface area contributed by atoms with Gasteiger partial charge in [-0.2, -0.15) is 0 Å². The van der Waals surface area contributed by atoms with E-state index in [-0.39, 0.29) is 11.8 Å². The molecular formula is C21H26ClNO5. The van der Waals surface area contributed by atoms with Crippen LogP contribution in [0.5, 0.6) is 11.5 Å². The molecule has 0 aliphatic heterocycles. The standard InChI is InChI=1S/C21H26ClNO5/c1-13(19(25)15-5-7-16(24)8-6-15)23-11-10-14-4-9-18(17(22)12-14)28-21(2,3)20(26)27/h4-9,12-13,19,23-25H,10-11H2,1-3H3,(H,26,27)/t13-,19+/m1/s1. The average molecular weight is 408 g/mol. The van der Waals surface area contributed by atoms with Crippen LogP contribution < -0.4 is 10.1 Å². The molecule has 2 rings (SSSR count). The first-order valence-electron chi connectivity index (χ1n) is 9.01. The van der Waals surface area contributed by atoms with Crippen LogP contribution >= 0.6 is 11.6 Å². The molecule has 0 aliphatic rings. The van der Waals surface area contributed by atoms with Gasteiger partial charge < -0.3 is 25.4 Å². The van der Waals surface area contributed by atoms with Gasteiger partial charge in [-0.05, 0) is 69.1 Å². The molecule has 0 fully saturated rings. The maximum atomic E-state index is 11.2. The number of aliphatic hydroxyl groups is 1. The summed E-state index contributed by atoms with van der Waals surface area (Å²) in [5, 5.41) is 32.5. The lowest BCUT2D eigenvalue weighted by molar-refractivity contribution is -0.152. The highest BCUT2D eigenvalue weighted by molar-refractivity contribution is 6.32. The van der Waals surface area contributed by atoms with Gasteiger partial charge in [0, 0.05) is 6.04 Å². The Morgan fingerprint density at radius 2 is 1.86 bits per heavy atom. The monoisotopic (exact) mass is 407 g/mol. The zero-order valence-corrected chi connectivity index (χ0v) is 16.9. The minimum atomic E-state index is -1.37. The number of hydrogen-bond acceptors (Lipinski definition) is 5. The molecule has 0 saturated heterocycles. The molecule has 0 aromatic heterocycles. The summed E-state index contributed by atoms with van der Waals surface area (Å²) in [6.07, 6.45) is -0.0205. The molecule has 2 aromatic rings. The minimum Gasteiger partial charge on any atom is -0.508 e. The third-order valence-corrected chi connectivity index (χ3v) is 4.76. The number of aliphatic carboxylic acids is 1. The van der Waals surface area contributed by atoms with Crippen molar-refractivity contribution in [2.24, 2.45) is 0 Å². The van der Waals surface area contributed by atoms with E-state index in [1.165, 1.54) is 13.8 Å². The number of benzene rings is 2. The van der Waals surface area contributed by atoms with E-state index in [0.717, 1.165) is 11.1 Å². The first-order chi connectivity index (χ1) is 13.1. The zero-order valence-electron chi connectivity index (χ0n) is 16.1. The van der Waals surface area contributed by atoms with Gasteiger partial charge in [-0.15, -0.1) is 0 Å². The van der Waals surface area contributed by atoms with Crippen LogP contribution in [0.2, 0.25) is 5.02 Å². The van der Waals surface area contributed by atoms with Gasteiger partial charge in [-0.3, -0.25) is 0 Å². The third-order valence-electron chi connectivity index (χ3n) is 4.46. The number of phenolic OH excluding ortho intramolecular Hbond substituents is 1. The summed E-state index contributed by atoms with van der Waals surface area (Å²) in [6.45, 7) is 5.43. The van der Waals surface area contributed by atoms with Crippen molar-refractivity contribution in [2.45, 2.75) is 44.9 Å². The van der Waals surface area contributed by atoms with E-state index in [0.29, 0.717) is 23.7 Å². The molecule has 0 unspecified atom stereocenters. The second kappa shape index (κ2) is 9.28. The van der Waals surface area contributed by atoms with E-state index in [2.05, 4.69) is 5.32 Å². The van der Waals surface area contributed by atoms with Crippen molar-refractivity contribution in [3.63, 3.8) is 0 Å². The summed E-state index contributed by atoms with van der Waals surface area (Å²) in [4.78, 5) is 11.2. The maximum absolute atomic E-state index is 11.2. The third kappa shape index (κ3) is 5.86. The number of ether oxygens (including phenoxy) is 1. The molecule has 152 valence electrons. The number of aliphatic hydroxyl groups excluding tert-OH is 1. The maximum Gasteiger partial charge on any atom is 0.347 e. The van der Waals surface area contributed by atoms with Crippen LogP contribution in [-0.4, -0.2) is 39.5 Å². The zero-order chi connectivity index (χ0) is 20.9. The van der Waals surface area contributed by atoms with Gasteiger partial charge in [0.1, 0.15) is 11.5 Å². The minimum absolute atomic E-state index is 0.160. The second-order valence-corrected chi connectivity index (χ2v) is 7.62. The van der Waals surface area contributed by atoms with E-state index in [4.69, 9.17) is 21.4 Å². The molecule has 6 nitrogen and oxygen atoms in total. The highest BCUT2D eigenvalue weighted by Crippen LogP contribution is 2.29. The van der Waals surface area contributed by atoms with Crippen molar-refractivity contribution >= 4 is 17.6 Å². The summed E-state index contributed by atoms with van der Waals surface area (Å²) in [6, 6.07) is 11.5. The fraction of sp³-hybridized carbons (Fsp3) is 0.381. The number of phenols is 1. The molecule has 0 bridgehead atoms. The summed E-state index contributed by atoms with van der Waals surface area (Å²) in [5.41, 5.74) is 0.319. The number of aromatic hydroxyl groups is 1. The molecule has 0 spiro atoms. The number of hydrogen-bond donors (Lipinski definition) is 4. The fourth-order valence-electron chi connectivity index (χ4n) is 2.62. The Balaban J connectivity index is 1.89. The Morgan fingerprint density at radius 1 is 1.21 bits per heavy atom. The molecule has 4 N–H and O–H groups in total. The molecule has 2 aromatic carbocycles. The topological polar surface area (TPSA) is 99.0 Å². The largest absolute Gasteiger partial charge is 0.508 e. The Hall–Kier alpha value is -2.28. The summed E-state index contributed by atoms with van der Waals surface area (Å²) < 4.78 is 5.48. The van der Waals surface area contributed by atoms with E-state index < -0.39 is 17.7 Å². The van der Waals surface area contributed by atoms with Gasteiger partial charge in [0.2, 0.25) is 0 Å². The highest BCUT2D eigenvalue weighted by atomic mass is 35.5. The summed E-state index contributed by atoms with van der Waals surface area (Å²) in [5.74, 6) is -0.590. The number of nitrogens with one attached hydrogen (secondary N) is 1. The molecule has 0 amide bonds. The van der Waals surface area contributed by atoms with E-state index in [1.54, 1.807) is 36.4 Å². The van der Waals surface area contributed by atoms with Crippen LogP contribution in [0.1, 0.15) is 38.0 Å². The van der Waals surface area contributed by atoms with Crippen molar-refractivity contribution in [3.8, 4) is 11.5 Å². The van der Waals surface area contributed by atoms with Crippen molar-refractivity contribution in [3.05, 3.63) is 58.6 Å². The number of halogens is 1. The van der Waals surface area contributed by atoms with E-state index in [1.807, 2.05) is 13.0 Å². The quantitative estimate of drug-likeness (QED) is 0.507. The van der Waals surface area contributed by atoms with Crippen LogP contribution in [0, 0.1) is 0 Å². The van der Waals surface area contributed by atoms with Crippen molar-refractivity contribution in [1.82, 2.24) is 5.32 Å². The fourth-order valence-corrected chi connectivity index (χ4v) is 2.86. The van der Waals surface area contributed by atoms with Gasteiger partial charge in [-0.25, -0.2) is 4.79 Å². The summed E-state index contributed by atoms with van der Waals surface area (Å²) in [7, 11) is 0. The molecule has 0 heterocycles. The smallest absolute Gasteiger partial charge is 0.347 e. The first kappa shape index (κ1) is 22.0. The van der Waals surface area contributed by atoms with Crippen LogP contribution in [-0.2, 0) is 11.2 Å². The lowest BCUT2D eigenvalue weighted by Crippen LogP contribution is -2.37. The van der Waals surface area contributed by atoms with Gasteiger partial charge >= 0.3 is 5.97 Å². The van der Waals surface area contributed by atoms with Gasteiger partial charge in [0.15, 0.2) is 5.60 Å². The van der Waals surface area contributed by atoms with Crippen LogP contribution in [0.4, 0.5) is 0 Å². The normalized spacial score (nSPS) is 13.8. The molecular weight excluding hydrogens is 382 g/mol. The Kier molecular flexibility index (Phi) is 7.29. The van der Waals surface area contributed by atoms with Crippen LogP contribution in [0.15, 0.2) is 42.5 Å². The molecule has 0 saturated carbocycles. The molecule has 0 radical (unpaired) electrons. The summed E-state index contributed by atoms with van der Waals surface area (Å²) >= 11 is 6.23. The van der Waals surface area contributed by atoms with E-state index in [9.17, 15) is 15.0 Å². The number of carbonyl (C=O) groups is 1. The Bertz CT molecular complexity index is 807. The van der Waals surface area contributed by atoms with Crippen LogP contribution in [0.25, 0.3) is 0 Å². The van der Waals surface area contributed by atoms with Crippen LogP contribution in [0.3, 0.4) is 0 Å². The molecule has 0 aliphatic carbocycles. The molecule has 2 atom stereocenters. The average Bonchev–Trinajstić information content (AvgIpc) is 2.63. The number of carboxylic acid groups (broad SMARTS) is 1. The van der Waals surface area contributed by atoms with Crippen molar-refractivity contribution in [1.29, 1.82) is 0 Å². The number of rotatable bonds is 9. The predicted octanol–water partition coefficient (Wildman–Crippen LogP) is 3.54. The second-order valence-electron chi connectivity index (χ2n) is 7.21. The lowest BCUT2D eigenvalue weighted by Gasteiger charge is -2.22. The van der Waals surface area contributed by atoms with E-state index >= 15 is 0 Å². The Morgan fingerprint density at radius 3 is 2.43 bits per heavy atom. The first-order valence-corrected chi connectivity index (χ1v) is 9.39. The van der Waals surface area contributed by atoms with Gasteiger partial charge in [-0.1, -0.05) is 29.8 Å². The van der Waals surface area contributed by atoms with Crippen molar-refractivity contribution in [2.75, 3.05) is 6.54 Å². The number of carboxylic acids is 1. The van der Waals surface area contributed by atoms with Gasteiger partial charge in [0.25, 0.3) is 0 Å². The van der Waals surface area contributed by atoms with Crippen molar-refractivity contribution < 1.29 is 24.9 Å². The highest BCUT2D eigenvalue weighted by Gasteiger charge is 2.30. The predicted molar refractivity (Wildman–Crippen MR) is 108 cm³/mol. The van der Waals surface area contributed by atoms with Gasteiger partial charge in [0.05, 0.1) is 11.1 Å². The molecule has 28 heavy (non-hydrogen) atoms.